The Morgan fingerprint density at radius 2 is 2.00 bits per heavy atom. The van der Waals surface area contributed by atoms with Gasteiger partial charge in [-0.1, -0.05) is 35.5 Å². The van der Waals surface area contributed by atoms with Gasteiger partial charge in [0.2, 0.25) is 5.91 Å². The minimum Gasteiger partial charge on any atom is -0.347 e. The summed E-state index contributed by atoms with van der Waals surface area (Å²) in [6.45, 7) is 4.28. The van der Waals surface area contributed by atoms with Gasteiger partial charge in [-0.2, -0.15) is 5.10 Å². The average molecular weight is 422 g/mol. The Morgan fingerprint density at radius 3 is 2.77 bits per heavy atom. The Labute approximate surface area is 181 Å². The largest absolute Gasteiger partial charge is 0.347 e. The fourth-order valence-corrected chi connectivity index (χ4v) is 3.87. The van der Waals surface area contributed by atoms with E-state index in [1.807, 2.05) is 48.4 Å². The molecule has 0 radical (unpaired) electrons. The van der Waals surface area contributed by atoms with Crippen molar-refractivity contribution in [3.05, 3.63) is 65.7 Å². The Bertz CT molecular complexity index is 1030. The molecule has 3 heterocycles. The van der Waals surface area contributed by atoms with Crippen LogP contribution in [0.3, 0.4) is 0 Å². The second-order valence-electron chi connectivity index (χ2n) is 7.91. The van der Waals surface area contributed by atoms with Gasteiger partial charge in [0.15, 0.2) is 5.69 Å². The Balaban J connectivity index is 1.29. The number of carbonyl (C=O) groups excluding carboxylic acids is 2. The zero-order chi connectivity index (χ0) is 21.6. The molecule has 9 nitrogen and oxygen atoms in total. The SMILES string of the molecule is Cc1cnn(CCC(=O)N2CCC[C@H]2Cn2cc(C(=O)NCc3ccccc3)nn2)c1. The molecule has 2 amide bonds. The highest BCUT2D eigenvalue weighted by molar-refractivity contribution is 5.91. The first-order valence-corrected chi connectivity index (χ1v) is 10.6. The highest BCUT2D eigenvalue weighted by Gasteiger charge is 2.29. The van der Waals surface area contributed by atoms with Crippen molar-refractivity contribution in [1.82, 2.24) is 35.0 Å². The minimum absolute atomic E-state index is 0.0637. The summed E-state index contributed by atoms with van der Waals surface area (Å²) < 4.78 is 3.46. The number of likely N-dealkylation sites (tertiary alicyclic amines) is 1. The summed E-state index contributed by atoms with van der Waals surface area (Å²) >= 11 is 0. The van der Waals surface area contributed by atoms with Crippen molar-refractivity contribution >= 4 is 11.8 Å². The van der Waals surface area contributed by atoms with Crippen molar-refractivity contribution < 1.29 is 9.59 Å². The van der Waals surface area contributed by atoms with Crippen LogP contribution in [-0.2, 0) is 24.4 Å². The van der Waals surface area contributed by atoms with Crippen LogP contribution in [0, 0.1) is 6.92 Å². The van der Waals surface area contributed by atoms with E-state index >= 15 is 0 Å². The fourth-order valence-electron chi connectivity index (χ4n) is 3.87. The number of aromatic nitrogens is 5. The maximum atomic E-state index is 12.7. The molecule has 2 aromatic heterocycles. The maximum Gasteiger partial charge on any atom is 0.273 e. The van der Waals surface area contributed by atoms with Crippen LogP contribution in [0.25, 0.3) is 0 Å². The lowest BCUT2D eigenvalue weighted by atomic mass is 10.2. The molecule has 1 aliphatic rings. The number of carbonyl (C=O) groups is 2. The Morgan fingerprint density at radius 1 is 1.16 bits per heavy atom. The van der Waals surface area contributed by atoms with E-state index in [-0.39, 0.29) is 23.6 Å². The molecule has 0 bridgehead atoms. The summed E-state index contributed by atoms with van der Waals surface area (Å²) in [5.74, 6) is -0.138. The van der Waals surface area contributed by atoms with Gasteiger partial charge in [-0.25, -0.2) is 4.68 Å². The van der Waals surface area contributed by atoms with Gasteiger partial charge in [0.1, 0.15) is 0 Å². The summed E-state index contributed by atoms with van der Waals surface area (Å²) in [6, 6.07) is 9.78. The number of amides is 2. The summed E-state index contributed by atoms with van der Waals surface area (Å²) in [7, 11) is 0. The number of rotatable bonds is 8. The van der Waals surface area contributed by atoms with Gasteiger partial charge < -0.3 is 10.2 Å². The third-order valence-electron chi connectivity index (χ3n) is 5.48. The molecule has 4 rings (SSSR count). The fraction of sp³-hybridized carbons (Fsp3) is 0.409. The smallest absolute Gasteiger partial charge is 0.273 e. The summed E-state index contributed by atoms with van der Waals surface area (Å²) in [5.41, 5.74) is 2.38. The topological polar surface area (TPSA) is 97.9 Å². The molecule has 0 aliphatic carbocycles. The van der Waals surface area contributed by atoms with Crippen LogP contribution in [0.5, 0.6) is 0 Å². The van der Waals surface area contributed by atoms with Crippen molar-refractivity contribution in [3.8, 4) is 0 Å². The van der Waals surface area contributed by atoms with Gasteiger partial charge in [0, 0.05) is 32.3 Å². The first kappa shape index (κ1) is 20.8. The lowest BCUT2D eigenvalue weighted by molar-refractivity contribution is -0.132. The van der Waals surface area contributed by atoms with E-state index in [1.54, 1.807) is 21.8 Å². The van der Waals surface area contributed by atoms with E-state index in [1.165, 1.54) is 0 Å². The number of nitrogens with one attached hydrogen (secondary N) is 1. The van der Waals surface area contributed by atoms with Gasteiger partial charge in [0.05, 0.1) is 25.0 Å². The van der Waals surface area contributed by atoms with Crippen LogP contribution < -0.4 is 5.32 Å². The predicted molar refractivity (Wildman–Crippen MR) is 114 cm³/mol. The van der Waals surface area contributed by atoms with Crippen molar-refractivity contribution in [1.29, 1.82) is 0 Å². The summed E-state index contributed by atoms with van der Waals surface area (Å²) in [4.78, 5) is 27.0. The standard InChI is InChI=1S/C22H27N7O2/c1-17-12-24-27(14-17)11-9-21(30)29-10-5-8-19(29)15-28-16-20(25-26-28)22(31)23-13-18-6-3-2-4-7-18/h2-4,6-7,12,14,16,19H,5,8-11,13,15H2,1H3,(H,23,31)/t19-/m0/s1. The minimum atomic E-state index is -0.260. The second kappa shape index (κ2) is 9.55. The van der Waals surface area contributed by atoms with Crippen LogP contribution in [-0.4, -0.2) is 54.1 Å². The highest BCUT2D eigenvalue weighted by Crippen LogP contribution is 2.20. The van der Waals surface area contributed by atoms with Crippen molar-refractivity contribution in [2.45, 2.75) is 51.9 Å². The van der Waals surface area contributed by atoms with E-state index in [4.69, 9.17) is 0 Å². The van der Waals surface area contributed by atoms with E-state index < -0.39 is 0 Å². The average Bonchev–Trinajstić information content (AvgIpc) is 3.53. The van der Waals surface area contributed by atoms with E-state index in [0.29, 0.717) is 26.1 Å². The Kier molecular flexibility index (Phi) is 6.40. The zero-order valence-electron chi connectivity index (χ0n) is 17.6. The lowest BCUT2D eigenvalue weighted by Gasteiger charge is -2.24. The first-order chi connectivity index (χ1) is 15.1. The molecular weight excluding hydrogens is 394 g/mol. The predicted octanol–water partition coefficient (Wildman–Crippen LogP) is 1.79. The summed E-state index contributed by atoms with van der Waals surface area (Å²) in [5, 5.41) is 15.2. The normalized spacial score (nSPS) is 15.9. The molecule has 1 aromatic carbocycles. The number of nitrogens with zero attached hydrogens (tertiary/aromatic N) is 6. The number of benzene rings is 1. The van der Waals surface area contributed by atoms with Crippen molar-refractivity contribution in [2.24, 2.45) is 0 Å². The highest BCUT2D eigenvalue weighted by atomic mass is 16.2. The monoisotopic (exact) mass is 421 g/mol. The molecule has 3 aromatic rings. The molecule has 9 heteroatoms. The van der Waals surface area contributed by atoms with Crippen molar-refractivity contribution in [2.75, 3.05) is 6.54 Å². The number of aryl methyl sites for hydroxylation is 2. The Hall–Kier alpha value is -3.49. The van der Waals surface area contributed by atoms with E-state index in [2.05, 4.69) is 20.7 Å². The quantitative estimate of drug-likeness (QED) is 0.598. The third kappa shape index (κ3) is 5.36. The van der Waals surface area contributed by atoms with Gasteiger partial charge in [-0.15, -0.1) is 5.10 Å². The van der Waals surface area contributed by atoms with Gasteiger partial charge in [-0.3, -0.25) is 14.3 Å². The van der Waals surface area contributed by atoms with Crippen molar-refractivity contribution in [3.63, 3.8) is 0 Å². The molecule has 1 fully saturated rings. The third-order valence-corrected chi connectivity index (χ3v) is 5.48. The molecule has 0 unspecified atom stereocenters. The van der Waals surface area contributed by atoms with E-state index in [9.17, 15) is 9.59 Å². The van der Waals surface area contributed by atoms with Gasteiger partial charge in [0.25, 0.3) is 5.91 Å². The van der Waals surface area contributed by atoms with Gasteiger partial charge in [-0.05, 0) is 30.9 Å². The molecule has 0 spiro atoms. The van der Waals surface area contributed by atoms with E-state index in [0.717, 1.165) is 30.5 Å². The van der Waals surface area contributed by atoms with Crippen LogP contribution in [0.2, 0.25) is 0 Å². The van der Waals surface area contributed by atoms with Gasteiger partial charge >= 0.3 is 0 Å². The van der Waals surface area contributed by atoms with Crippen LogP contribution in [0.15, 0.2) is 48.9 Å². The molecule has 31 heavy (non-hydrogen) atoms. The maximum absolute atomic E-state index is 12.7. The van der Waals surface area contributed by atoms with Crippen LogP contribution in [0.1, 0.15) is 40.9 Å². The zero-order valence-corrected chi connectivity index (χ0v) is 17.6. The molecule has 1 aliphatic heterocycles. The number of hydrogen-bond acceptors (Lipinski definition) is 5. The molecule has 1 saturated heterocycles. The first-order valence-electron chi connectivity index (χ1n) is 10.6. The molecule has 1 atom stereocenters. The number of hydrogen-bond donors (Lipinski definition) is 1. The lowest BCUT2D eigenvalue weighted by Crippen LogP contribution is -2.38. The van der Waals surface area contributed by atoms with Crippen LogP contribution >= 0.6 is 0 Å². The summed E-state index contributed by atoms with van der Waals surface area (Å²) in [6.07, 6.45) is 7.68. The molecule has 1 N–H and O–H groups in total. The molecular formula is C22H27N7O2. The second-order valence-corrected chi connectivity index (χ2v) is 7.91. The molecule has 162 valence electrons. The van der Waals surface area contributed by atoms with Crippen LogP contribution in [0.4, 0.5) is 0 Å². The molecule has 0 saturated carbocycles.